The maximum atomic E-state index is 12.8. The minimum absolute atomic E-state index is 0.0410. The third-order valence-electron chi connectivity index (χ3n) is 5.88. The van der Waals surface area contributed by atoms with Crippen molar-refractivity contribution in [2.45, 2.75) is 38.2 Å². The molecule has 30 heavy (non-hydrogen) atoms. The summed E-state index contributed by atoms with van der Waals surface area (Å²) in [5.41, 5.74) is 1.68. The molecule has 0 spiro atoms. The molecule has 0 aliphatic carbocycles. The van der Waals surface area contributed by atoms with Crippen LogP contribution in [0, 0.1) is 0 Å². The number of Topliss-reactive ketones (excluding diaryl/α,β-unsaturated/α-hetero) is 1. The first-order valence-corrected chi connectivity index (χ1v) is 10.0. The van der Waals surface area contributed by atoms with Crippen molar-refractivity contribution in [2.24, 2.45) is 0 Å². The Morgan fingerprint density at radius 3 is 2.53 bits per heavy atom. The predicted octanol–water partition coefficient (Wildman–Crippen LogP) is 5.03. The van der Waals surface area contributed by atoms with Crippen molar-refractivity contribution in [1.29, 1.82) is 0 Å². The Bertz CT molecular complexity index is 1210. The Balaban J connectivity index is 1.78. The van der Waals surface area contributed by atoms with E-state index in [0.717, 1.165) is 27.6 Å². The molecule has 0 saturated carbocycles. The molecule has 0 aromatic heterocycles. The van der Waals surface area contributed by atoms with Gasteiger partial charge in [0.15, 0.2) is 5.78 Å². The fourth-order valence-corrected chi connectivity index (χ4v) is 4.60. The van der Waals surface area contributed by atoms with Gasteiger partial charge in [-0.25, -0.2) is 0 Å². The highest BCUT2D eigenvalue weighted by atomic mass is 16.5. The quantitative estimate of drug-likeness (QED) is 0.444. The summed E-state index contributed by atoms with van der Waals surface area (Å²) in [5.74, 6) is 1.23. The fraction of sp³-hybridized carbons (Fsp3) is 0.280. The van der Waals surface area contributed by atoms with Crippen molar-refractivity contribution < 1.29 is 23.8 Å². The van der Waals surface area contributed by atoms with E-state index in [4.69, 9.17) is 14.2 Å². The van der Waals surface area contributed by atoms with Gasteiger partial charge in [0.25, 0.3) is 0 Å². The van der Waals surface area contributed by atoms with E-state index in [1.54, 1.807) is 19.2 Å². The van der Waals surface area contributed by atoms with Gasteiger partial charge in [0, 0.05) is 16.9 Å². The van der Waals surface area contributed by atoms with Crippen molar-refractivity contribution in [3.63, 3.8) is 0 Å². The molecule has 0 radical (unpaired) electrons. The fourth-order valence-electron chi connectivity index (χ4n) is 4.60. The van der Waals surface area contributed by atoms with E-state index < -0.39 is 5.60 Å². The number of ether oxygens (including phenoxy) is 3. The van der Waals surface area contributed by atoms with Crippen LogP contribution in [0.3, 0.4) is 0 Å². The molecule has 2 aliphatic heterocycles. The molecule has 0 fully saturated rings. The lowest BCUT2D eigenvalue weighted by molar-refractivity contribution is -0.135. The first-order chi connectivity index (χ1) is 14.4. The molecule has 0 amide bonds. The second kappa shape index (κ2) is 6.59. The van der Waals surface area contributed by atoms with Crippen LogP contribution in [0.5, 0.6) is 17.2 Å². The number of hydrogen-bond donors (Lipinski definition) is 0. The van der Waals surface area contributed by atoms with Crippen LogP contribution in [-0.2, 0) is 4.79 Å². The van der Waals surface area contributed by atoms with Crippen LogP contribution in [0.4, 0.5) is 0 Å². The Labute approximate surface area is 174 Å². The summed E-state index contributed by atoms with van der Waals surface area (Å²) in [7, 11) is 1.65. The molecule has 0 saturated heterocycles. The molecule has 0 bridgehead atoms. The lowest BCUT2D eigenvalue weighted by atomic mass is 9.80. The van der Waals surface area contributed by atoms with Gasteiger partial charge in [-0.1, -0.05) is 30.3 Å². The monoisotopic (exact) mass is 402 g/mol. The summed E-state index contributed by atoms with van der Waals surface area (Å²) < 4.78 is 17.4. The molecule has 2 heterocycles. The minimum Gasteiger partial charge on any atom is -0.496 e. The molecule has 5 rings (SSSR count). The Kier molecular flexibility index (Phi) is 4.10. The molecular formula is C25H22O5. The Morgan fingerprint density at radius 2 is 1.77 bits per heavy atom. The van der Waals surface area contributed by atoms with Crippen molar-refractivity contribution in [3.05, 3.63) is 65.2 Å². The van der Waals surface area contributed by atoms with Crippen LogP contribution in [0.25, 0.3) is 10.8 Å². The van der Waals surface area contributed by atoms with Crippen LogP contribution < -0.4 is 14.2 Å². The minimum atomic E-state index is -0.618. The van der Waals surface area contributed by atoms with Gasteiger partial charge >= 0.3 is 5.97 Å². The second-order valence-corrected chi connectivity index (χ2v) is 8.45. The summed E-state index contributed by atoms with van der Waals surface area (Å²) in [6.45, 7) is 3.81. The molecule has 0 N–H and O–H groups in total. The maximum absolute atomic E-state index is 12.8. The SMILES string of the molecule is COc1ccc([C@H]2CC(=O)Oc3ccc4c(c32)OC(C)(C)CC4=O)c2ccccc12. The standard InChI is InChI=1S/C25H22O5/c1-25(2)13-19(26)17-9-11-21-23(24(17)30-25)18(12-22(27)29-21)15-8-10-20(28-3)16-7-5-4-6-14(15)16/h4-11,18H,12-13H2,1-3H3/t18-/m1/s1. The molecule has 5 nitrogen and oxygen atoms in total. The normalized spacial score (nSPS) is 19.5. The van der Waals surface area contributed by atoms with Crippen LogP contribution >= 0.6 is 0 Å². The predicted molar refractivity (Wildman–Crippen MR) is 113 cm³/mol. The average molecular weight is 402 g/mol. The van der Waals surface area contributed by atoms with E-state index in [-0.39, 0.29) is 24.1 Å². The van der Waals surface area contributed by atoms with Gasteiger partial charge in [-0.05, 0) is 43.0 Å². The molecule has 3 aromatic rings. The van der Waals surface area contributed by atoms with E-state index in [9.17, 15) is 9.59 Å². The van der Waals surface area contributed by atoms with E-state index in [1.807, 2.05) is 50.2 Å². The van der Waals surface area contributed by atoms with Crippen LogP contribution in [0.15, 0.2) is 48.5 Å². The van der Waals surface area contributed by atoms with Gasteiger partial charge in [0.2, 0.25) is 0 Å². The lowest BCUT2D eigenvalue weighted by Crippen LogP contribution is -2.37. The highest BCUT2D eigenvalue weighted by Crippen LogP contribution is 2.50. The van der Waals surface area contributed by atoms with Crippen LogP contribution in [-0.4, -0.2) is 24.5 Å². The zero-order chi connectivity index (χ0) is 21.0. The molecule has 1 atom stereocenters. The van der Waals surface area contributed by atoms with E-state index in [2.05, 4.69) is 0 Å². The lowest BCUT2D eigenvalue weighted by Gasteiger charge is -2.36. The number of ketones is 1. The average Bonchev–Trinajstić information content (AvgIpc) is 2.71. The summed E-state index contributed by atoms with van der Waals surface area (Å²) in [6, 6.07) is 15.3. The van der Waals surface area contributed by atoms with Crippen molar-refractivity contribution in [2.75, 3.05) is 7.11 Å². The maximum Gasteiger partial charge on any atom is 0.312 e. The Hall–Kier alpha value is -3.34. The molecule has 3 aromatic carbocycles. The van der Waals surface area contributed by atoms with Crippen LogP contribution in [0.1, 0.15) is 54.1 Å². The number of rotatable bonds is 2. The molecule has 2 aliphatic rings. The third kappa shape index (κ3) is 2.84. The zero-order valence-corrected chi connectivity index (χ0v) is 17.2. The number of benzene rings is 3. The van der Waals surface area contributed by atoms with Crippen molar-refractivity contribution >= 4 is 22.5 Å². The van der Waals surface area contributed by atoms with Gasteiger partial charge in [0.05, 0.1) is 25.5 Å². The van der Waals surface area contributed by atoms with Gasteiger partial charge in [-0.3, -0.25) is 9.59 Å². The molecule has 5 heteroatoms. The summed E-state index contributed by atoms with van der Waals surface area (Å²) in [5, 5.41) is 1.97. The molecule has 152 valence electrons. The molecular weight excluding hydrogens is 380 g/mol. The smallest absolute Gasteiger partial charge is 0.312 e. The summed E-state index contributed by atoms with van der Waals surface area (Å²) in [6.07, 6.45) is 0.493. The number of esters is 1. The second-order valence-electron chi connectivity index (χ2n) is 8.45. The van der Waals surface area contributed by atoms with Gasteiger partial charge in [-0.2, -0.15) is 0 Å². The first kappa shape index (κ1) is 18.7. The topological polar surface area (TPSA) is 61.8 Å². The summed E-state index contributed by atoms with van der Waals surface area (Å²) >= 11 is 0. The first-order valence-electron chi connectivity index (χ1n) is 10.0. The number of methoxy groups -OCH3 is 1. The number of fused-ring (bicyclic) bond motifs is 4. The highest BCUT2D eigenvalue weighted by molar-refractivity contribution is 6.02. The van der Waals surface area contributed by atoms with E-state index in [0.29, 0.717) is 23.5 Å². The van der Waals surface area contributed by atoms with E-state index in [1.165, 1.54) is 0 Å². The van der Waals surface area contributed by atoms with Gasteiger partial charge in [-0.15, -0.1) is 0 Å². The number of carbonyl (C=O) groups excluding carboxylic acids is 2. The van der Waals surface area contributed by atoms with Crippen molar-refractivity contribution in [1.82, 2.24) is 0 Å². The summed E-state index contributed by atoms with van der Waals surface area (Å²) in [4.78, 5) is 25.3. The zero-order valence-electron chi connectivity index (χ0n) is 17.2. The third-order valence-corrected chi connectivity index (χ3v) is 5.88. The van der Waals surface area contributed by atoms with Gasteiger partial charge in [0.1, 0.15) is 22.8 Å². The van der Waals surface area contributed by atoms with Crippen LogP contribution in [0.2, 0.25) is 0 Å². The van der Waals surface area contributed by atoms with E-state index >= 15 is 0 Å². The molecule has 0 unspecified atom stereocenters. The highest BCUT2D eigenvalue weighted by Gasteiger charge is 2.40. The largest absolute Gasteiger partial charge is 0.496 e. The number of hydrogen-bond acceptors (Lipinski definition) is 5. The van der Waals surface area contributed by atoms with Gasteiger partial charge < -0.3 is 14.2 Å². The number of carbonyl (C=O) groups is 2. The van der Waals surface area contributed by atoms with Crippen molar-refractivity contribution in [3.8, 4) is 17.2 Å². The Morgan fingerprint density at radius 1 is 1.00 bits per heavy atom.